The van der Waals surface area contributed by atoms with Crippen LogP contribution in [0.2, 0.25) is 10.0 Å². The first-order chi connectivity index (χ1) is 35.1. The SMILES string of the molecule is C.Nc1ccc(S(=O)(=O)N[C@H]2CCC[C@@H](Nc3ncc(Cl)c(C4=CCc5ccccc54)n3)C2)cc1.O=[N+]([O-])c1ccc(S(=O)(=O)N[C@H]2CCC[C@@H](Nc3ncc(Cl)c(C4=CCc5ccccc54)n3)C2)cc1.[Cl][Sn][Cl]. The van der Waals surface area contributed by atoms with E-state index < -0.39 is 43.9 Å². The Kier molecular flexibility index (Phi) is 19.8. The van der Waals surface area contributed by atoms with Gasteiger partial charge >= 0.3 is 36.7 Å². The van der Waals surface area contributed by atoms with E-state index in [-0.39, 0.29) is 47.1 Å². The average molecular weight is 1230 g/mol. The Bertz CT molecular complexity index is 3250. The van der Waals surface area contributed by atoms with Crippen LogP contribution in [0.3, 0.4) is 0 Å². The molecule has 0 amide bonds. The summed E-state index contributed by atoms with van der Waals surface area (Å²) >= 11 is 12.1. The number of nitrogens with one attached hydrogen (secondary N) is 4. The number of nitro groups is 1. The average Bonchev–Trinajstić information content (AvgIpc) is 4.01. The molecule has 0 aliphatic heterocycles. The predicted molar refractivity (Wildman–Crippen MR) is 297 cm³/mol. The summed E-state index contributed by atoms with van der Waals surface area (Å²) in [5.41, 5.74) is 14.2. The number of halogens is 4. The van der Waals surface area contributed by atoms with Crippen molar-refractivity contribution in [3.8, 4) is 0 Å². The Labute approximate surface area is 459 Å². The Morgan fingerprint density at radius 3 is 1.42 bits per heavy atom. The van der Waals surface area contributed by atoms with E-state index in [1.165, 1.54) is 47.5 Å². The molecule has 4 aliphatic carbocycles. The van der Waals surface area contributed by atoms with Crippen molar-refractivity contribution in [1.29, 1.82) is 0 Å². The third kappa shape index (κ3) is 14.3. The van der Waals surface area contributed by atoms with Crippen molar-refractivity contribution in [1.82, 2.24) is 29.4 Å². The van der Waals surface area contributed by atoms with Gasteiger partial charge in [0.25, 0.3) is 5.69 Å². The Balaban J connectivity index is 0.000000203. The monoisotopic (exact) mass is 1230 g/mol. The van der Waals surface area contributed by atoms with Crippen LogP contribution in [0.25, 0.3) is 11.1 Å². The van der Waals surface area contributed by atoms with Crippen LogP contribution in [0, 0.1) is 10.1 Å². The first-order valence-electron chi connectivity index (χ1n) is 23.4. The molecule has 74 heavy (non-hydrogen) atoms. The van der Waals surface area contributed by atoms with Crippen LogP contribution in [-0.4, -0.2) is 84.8 Å². The van der Waals surface area contributed by atoms with Gasteiger partial charge < -0.3 is 16.4 Å². The van der Waals surface area contributed by atoms with Crippen LogP contribution < -0.4 is 25.8 Å². The zero-order valence-electron chi connectivity index (χ0n) is 39.0. The van der Waals surface area contributed by atoms with Gasteiger partial charge in [-0.05, 0) is 123 Å². The number of aromatic nitrogens is 4. The van der Waals surface area contributed by atoms with Gasteiger partial charge in [-0.2, -0.15) is 0 Å². The zero-order valence-corrected chi connectivity index (χ0v) is 46.5. The van der Waals surface area contributed by atoms with E-state index in [0.29, 0.717) is 58.3 Å². The third-order valence-corrected chi connectivity index (χ3v) is 16.5. The van der Waals surface area contributed by atoms with Gasteiger partial charge in [-0.25, -0.2) is 46.2 Å². The fraction of sp³-hybridized carbons (Fsp3) is 0.294. The van der Waals surface area contributed by atoms with E-state index >= 15 is 0 Å². The van der Waals surface area contributed by atoms with Gasteiger partial charge in [-0.3, -0.25) is 10.1 Å². The summed E-state index contributed by atoms with van der Waals surface area (Å²) in [5, 5.41) is 18.6. The van der Waals surface area contributed by atoms with Gasteiger partial charge in [-0.1, -0.05) is 91.3 Å². The quantitative estimate of drug-likeness (QED) is 0.0313. The number of non-ortho nitro benzene ring substituents is 1. The molecule has 23 heteroatoms. The topological polar surface area (TPSA) is 237 Å². The van der Waals surface area contributed by atoms with Crippen molar-refractivity contribution in [3.63, 3.8) is 0 Å². The molecule has 2 heterocycles. The molecule has 0 unspecified atom stereocenters. The van der Waals surface area contributed by atoms with Crippen LogP contribution in [0.5, 0.6) is 0 Å². The number of rotatable bonds is 13. The van der Waals surface area contributed by atoms with Gasteiger partial charge in [0.2, 0.25) is 31.9 Å². The minimum atomic E-state index is -3.81. The first-order valence-corrected chi connectivity index (χ1v) is 34.3. The molecule has 10 rings (SSSR count). The predicted octanol–water partition coefficient (Wildman–Crippen LogP) is 10.8. The fourth-order valence-corrected chi connectivity index (χ4v) is 12.4. The molecule has 2 aromatic heterocycles. The van der Waals surface area contributed by atoms with E-state index in [0.717, 1.165) is 67.2 Å². The molecule has 4 atom stereocenters. The summed E-state index contributed by atoms with van der Waals surface area (Å²) in [5.74, 6) is 0.945. The standard InChI is InChI=1S/C25H24ClN5O4S.C25H26ClN5O2S.CH4.2ClH.Sn/c26-23-15-27-25(29-24(23)22-13-8-16-4-1-2-7-21(16)22)28-17-5-3-6-18(14-17)30-36(34,35)20-11-9-19(10-12-20)31(32)33;26-23-15-28-25(30-24(23)22-13-8-16-4-1-2-7-21(16)22)29-18-5-3-6-19(14-18)31-34(32,33)20-11-9-17(27)10-12-20;;;;/h1-2,4,7,9-13,15,17-18,30H,3,5-6,8,14H2,(H,27,28,29);1-2,4,7,9-13,15,18-19,31H,3,5-6,8,14,27H2,(H,28,29,30);1H4;2*1H;/q;;;;;+2/p-2/t17-,18+;18-,19+;;;;/m11..../s1. The number of nitrogens with zero attached hydrogens (tertiary/aromatic N) is 5. The van der Waals surface area contributed by atoms with Crippen molar-refractivity contribution >= 4 is 114 Å². The first kappa shape index (κ1) is 56.8. The minimum absolute atomic E-state index is 0. The van der Waals surface area contributed by atoms with Gasteiger partial charge in [0.15, 0.2) is 0 Å². The summed E-state index contributed by atoms with van der Waals surface area (Å²) in [6.07, 6.45) is 15.3. The molecule has 4 aromatic carbocycles. The third-order valence-electron chi connectivity index (χ3n) is 12.9. The molecule has 0 bridgehead atoms. The number of hydrogen-bond acceptors (Lipinski definition) is 13. The second-order valence-corrected chi connectivity index (χ2v) is 26.3. The van der Waals surface area contributed by atoms with Crippen LogP contribution in [0.1, 0.15) is 92.4 Å². The molecule has 6 N–H and O–H groups in total. The molecule has 0 saturated heterocycles. The zero-order chi connectivity index (χ0) is 51.7. The van der Waals surface area contributed by atoms with Crippen molar-refractivity contribution in [2.75, 3.05) is 16.4 Å². The maximum absolute atomic E-state index is 12.8. The van der Waals surface area contributed by atoms with E-state index in [1.807, 2.05) is 24.3 Å². The number of nitro benzene ring substituents is 1. The van der Waals surface area contributed by atoms with E-state index in [2.05, 4.69) is 66.5 Å². The number of nitrogens with two attached hydrogens (primary N) is 1. The van der Waals surface area contributed by atoms with Crippen molar-refractivity contribution in [2.45, 2.75) is 106 Å². The molecular weight excluding hydrogens is 1170 g/mol. The number of nitrogen functional groups attached to an aromatic ring is 1. The molecule has 16 nitrogen and oxygen atoms in total. The number of fused-ring (bicyclic) bond motifs is 2. The molecule has 4 aliphatic rings. The molecule has 0 spiro atoms. The Morgan fingerprint density at radius 2 is 1.00 bits per heavy atom. The van der Waals surface area contributed by atoms with E-state index in [9.17, 15) is 26.9 Å². The second-order valence-electron chi connectivity index (χ2n) is 17.8. The number of hydrogen-bond donors (Lipinski definition) is 5. The number of sulfonamides is 2. The Morgan fingerprint density at radius 1 is 0.608 bits per heavy atom. The summed E-state index contributed by atoms with van der Waals surface area (Å²) < 4.78 is 56.8. The normalized spacial score (nSPS) is 18.9. The van der Waals surface area contributed by atoms with Crippen LogP contribution in [-0.2, 0) is 32.9 Å². The van der Waals surface area contributed by atoms with Crippen LogP contribution in [0.4, 0.5) is 23.3 Å². The van der Waals surface area contributed by atoms with Gasteiger partial charge in [0.1, 0.15) is 0 Å². The van der Waals surface area contributed by atoms with Crippen molar-refractivity contribution < 1.29 is 21.8 Å². The van der Waals surface area contributed by atoms with Gasteiger partial charge in [-0.15, -0.1) is 0 Å². The summed E-state index contributed by atoms with van der Waals surface area (Å²) in [7, 11) is 2.45. The molecule has 2 fully saturated rings. The summed E-state index contributed by atoms with van der Waals surface area (Å²) in [6, 6.07) is 27.1. The Hall–Kier alpha value is -4.90. The number of anilines is 3. The van der Waals surface area contributed by atoms with Gasteiger partial charge in [0.05, 0.1) is 48.5 Å². The van der Waals surface area contributed by atoms with E-state index in [4.69, 9.17) is 56.7 Å². The van der Waals surface area contributed by atoms with Crippen molar-refractivity contribution in [3.05, 3.63) is 175 Å². The fourth-order valence-electron chi connectivity index (χ4n) is 9.46. The summed E-state index contributed by atoms with van der Waals surface area (Å²) in [6.45, 7) is 0. The van der Waals surface area contributed by atoms with Crippen molar-refractivity contribution in [2.24, 2.45) is 0 Å². The van der Waals surface area contributed by atoms with E-state index in [1.54, 1.807) is 24.5 Å². The molecule has 2 saturated carbocycles. The molecule has 6 aromatic rings. The molecule has 2 radical (unpaired) electrons. The number of benzene rings is 4. The van der Waals surface area contributed by atoms with Crippen LogP contribution >= 0.6 is 41.0 Å². The molecular formula is C51H54Cl4N10O6S2Sn. The summed E-state index contributed by atoms with van der Waals surface area (Å²) in [4.78, 5) is 28.7. The van der Waals surface area contributed by atoms with Gasteiger partial charge in [0, 0.05) is 53.1 Å². The number of allylic oxidation sites excluding steroid dienone is 2. The second kappa shape index (κ2) is 25.8. The maximum atomic E-state index is 12.8. The molecule has 388 valence electrons. The van der Waals surface area contributed by atoms with Crippen LogP contribution in [0.15, 0.2) is 131 Å².